The maximum absolute atomic E-state index is 13.4. The molecule has 92 valence electrons. The third-order valence-electron chi connectivity index (χ3n) is 2.19. The van der Waals surface area contributed by atoms with E-state index in [1.54, 1.807) is 14.0 Å². The molecule has 1 nitrogen and oxygen atoms in total. The number of alkyl halides is 2. The number of hydrogen-bond donors (Lipinski definition) is 1. The Bertz CT molecular complexity index is 313. The fourth-order valence-electron chi connectivity index (χ4n) is 1.23. The summed E-state index contributed by atoms with van der Waals surface area (Å²) in [5, 5.41) is 2.80. The summed E-state index contributed by atoms with van der Waals surface area (Å²) >= 11 is 0. The van der Waals surface area contributed by atoms with Crippen LogP contribution in [-0.4, -0.2) is 7.05 Å². The van der Waals surface area contributed by atoms with E-state index in [4.69, 9.17) is 0 Å². The molecule has 0 aliphatic rings. The monoisotopic (exact) mass is 233 g/mol. The predicted molar refractivity (Wildman–Crippen MR) is 60.2 cm³/mol. The first kappa shape index (κ1) is 15.0. The quantitative estimate of drug-likeness (QED) is 0.829. The van der Waals surface area contributed by atoms with E-state index < -0.39 is 17.8 Å². The standard InChI is InChI=1S/C10H12F3N.C2H6/c1-6(14-2)7-4-3-5-8(9(7)11)10(12)13;1-2/h3-6,10,14H,1-2H3;1-2H3/t6-;/m1./s1. The molecular formula is C12H18F3N. The summed E-state index contributed by atoms with van der Waals surface area (Å²) in [4.78, 5) is 0. The highest BCUT2D eigenvalue weighted by Gasteiger charge is 2.18. The lowest BCUT2D eigenvalue weighted by molar-refractivity contribution is 0.146. The van der Waals surface area contributed by atoms with E-state index in [0.717, 1.165) is 6.07 Å². The molecule has 16 heavy (non-hydrogen) atoms. The maximum atomic E-state index is 13.4. The number of benzene rings is 1. The molecule has 0 heterocycles. The second-order valence-corrected chi connectivity index (χ2v) is 3.06. The van der Waals surface area contributed by atoms with Crippen LogP contribution in [0.25, 0.3) is 0 Å². The average Bonchev–Trinajstić information content (AvgIpc) is 2.30. The van der Waals surface area contributed by atoms with Gasteiger partial charge in [0.15, 0.2) is 0 Å². The molecule has 0 unspecified atom stereocenters. The van der Waals surface area contributed by atoms with Crippen LogP contribution in [0.15, 0.2) is 18.2 Å². The predicted octanol–water partition coefficient (Wildman–Crippen LogP) is 4.07. The van der Waals surface area contributed by atoms with Crippen LogP contribution < -0.4 is 5.32 Å². The van der Waals surface area contributed by atoms with Crippen molar-refractivity contribution in [2.45, 2.75) is 33.2 Å². The Kier molecular flexibility index (Phi) is 6.81. The third-order valence-corrected chi connectivity index (χ3v) is 2.19. The van der Waals surface area contributed by atoms with Crippen LogP contribution in [0.2, 0.25) is 0 Å². The largest absolute Gasteiger partial charge is 0.313 e. The van der Waals surface area contributed by atoms with Gasteiger partial charge in [0.25, 0.3) is 6.43 Å². The Balaban J connectivity index is 0.00000106. The lowest BCUT2D eigenvalue weighted by atomic mass is 10.0. The van der Waals surface area contributed by atoms with E-state index in [1.807, 2.05) is 13.8 Å². The van der Waals surface area contributed by atoms with Crippen molar-refractivity contribution < 1.29 is 13.2 Å². The van der Waals surface area contributed by atoms with Gasteiger partial charge in [0, 0.05) is 11.6 Å². The number of hydrogen-bond acceptors (Lipinski definition) is 1. The van der Waals surface area contributed by atoms with E-state index in [9.17, 15) is 13.2 Å². The lowest BCUT2D eigenvalue weighted by Crippen LogP contribution is -2.14. The van der Waals surface area contributed by atoms with Crippen molar-refractivity contribution in [3.05, 3.63) is 35.1 Å². The minimum atomic E-state index is -2.76. The molecule has 4 heteroatoms. The van der Waals surface area contributed by atoms with Crippen LogP contribution in [-0.2, 0) is 0 Å². The molecule has 0 aliphatic heterocycles. The first-order valence-corrected chi connectivity index (χ1v) is 5.31. The van der Waals surface area contributed by atoms with Gasteiger partial charge in [0.05, 0.1) is 5.56 Å². The molecule has 0 aliphatic carbocycles. The molecule has 1 rings (SSSR count). The van der Waals surface area contributed by atoms with Gasteiger partial charge in [0.1, 0.15) is 5.82 Å². The Morgan fingerprint density at radius 2 is 1.62 bits per heavy atom. The van der Waals surface area contributed by atoms with Crippen molar-refractivity contribution in [2.24, 2.45) is 0 Å². The number of halogens is 3. The fraction of sp³-hybridized carbons (Fsp3) is 0.500. The number of nitrogens with one attached hydrogen (secondary N) is 1. The Hall–Kier alpha value is -1.03. The highest BCUT2D eigenvalue weighted by Crippen LogP contribution is 2.26. The summed E-state index contributed by atoms with van der Waals surface area (Å²) in [6, 6.07) is 3.77. The molecule has 0 spiro atoms. The fourth-order valence-corrected chi connectivity index (χ4v) is 1.23. The molecule has 1 N–H and O–H groups in total. The van der Waals surface area contributed by atoms with Gasteiger partial charge in [0.2, 0.25) is 0 Å². The normalized spacial score (nSPS) is 12.0. The van der Waals surface area contributed by atoms with E-state index in [1.165, 1.54) is 12.1 Å². The zero-order valence-electron chi connectivity index (χ0n) is 10.0. The molecule has 1 aromatic rings. The van der Waals surface area contributed by atoms with E-state index >= 15 is 0 Å². The van der Waals surface area contributed by atoms with E-state index in [-0.39, 0.29) is 11.6 Å². The molecule has 0 bridgehead atoms. The van der Waals surface area contributed by atoms with Crippen molar-refractivity contribution in [2.75, 3.05) is 7.05 Å². The van der Waals surface area contributed by atoms with Crippen molar-refractivity contribution in [1.82, 2.24) is 5.32 Å². The molecule has 0 fully saturated rings. The number of rotatable bonds is 3. The zero-order chi connectivity index (χ0) is 12.7. The Morgan fingerprint density at radius 3 is 2.06 bits per heavy atom. The topological polar surface area (TPSA) is 12.0 Å². The summed E-state index contributed by atoms with van der Waals surface area (Å²) in [6.07, 6.45) is -2.76. The summed E-state index contributed by atoms with van der Waals surface area (Å²) < 4.78 is 38.1. The van der Waals surface area contributed by atoms with Gasteiger partial charge in [-0.05, 0) is 14.0 Å². The van der Waals surface area contributed by atoms with Crippen molar-refractivity contribution in [3.8, 4) is 0 Å². The maximum Gasteiger partial charge on any atom is 0.266 e. The molecule has 1 aromatic carbocycles. The molecule has 0 amide bonds. The highest BCUT2D eigenvalue weighted by molar-refractivity contribution is 5.28. The van der Waals surface area contributed by atoms with Gasteiger partial charge in [-0.3, -0.25) is 0 Å². The Morgan fingerprint density at radius 1 is 1.12 bits per heavy atom. The minimum Gasteiger partial charge on any atom is -0.313 e. The van der Waals surface area contributed by atoms with Gasteiger partial charge in [-0.15, -0.1) is 0 Å². The molecular weight excluding hydrogens is 215 g/mol. The van der Waals surface area contributed by atoms with Gasteiger partial charge < -0.3 is 5.32 Å². The van der Waals surface area contributed by atoms with Crippen molar-refractivity contribution in [3.63, 3.8) is 0 Å². The van der Waals surface area contributed by atoms with Crippen molar-refractivity contribution >= 4 is 0 Å². The smallest absolute Gasteiger partial charge is 0.266 e. The molecule has 0 saturated carbocycles. The molecule has 0 saturated heterocycles. The zero-order valence-corrected chi connectivity index (χ0v) is 10.0. The summed E-state index contributed by atoms with van der Waals surface area (Å²) in [7, 11) is 1.65. The molecule has 0 radical (unpaired) electrons. The average molecular weight is 233 g/mol. The van der Waals surface area contributed by atoms with Gasteiger partial charge in [-0.1, -0.05) is 32.0 Å². The first-order chi connectivity index (χ1) is 7.57. The minimum absolute atomic E-state index is 0.269. The summed E-state index contributed by atoms with van der Waals surface area (Å²) in [5.74, 6) is -0.815. The van der Waals surface area contributed by atoms with E-state index in [0.29, 0.717) is 0 Å². The van der Waals surface area contributed by atoms with E-state index in [2.05, 4.69) is 5.32 Å². The van der Waals surface area contributed by atoms with Crippen LogP contribution >= 0.6 is 0 Å². The van der Waals surface area contributed by atoms with Crippen molar-refractivity contribution in [1.29, 1.82) is 0 Å². The highest BCUT2D eigenvalue weighted by atomic mass is 19.3. The Labute approximate surface area is 94.7 Å². The van der Waals surface area contributed by atoms with Crippen LogP contribution in [0, 0.1) is 5.82 Å². The second-order valence-electron chi connectivity index (χ2n) is 3.06. The van der Waals surface area contributed by atoms with Crippen LogP contribution in [0.5, 0.6) is 0 Å². The molecule has 0 aromatic heterocycles. The second kappa shape index (κ2) is 7.28. The summed E-state index contributed by atoms with van der Waals surface area (Å²) in [6.45, 7) is 5.72. The van der Waals surface area contributed by atoms with Gasteiger partial charge in [-0.25, -0.2) is 13.2 Å². The van der Waals surface area contributed by atoms with Crippen LogP contribution in [0.4, 0.5) is 13.2 Å². The van der Waals surface area contributed by atoms with Gasteiger partial charge >= 0.3 is 0 Å². The van der Waals surface area contributed by atoms with Crippen LogP contribution in [0.1, 0.15) is 44.4 Å². The third kappa shape index (κ3) is 3.52. The first-order valence-electron chi connectivity index (χ1n) is 5.31. The lowest BCUT2D eigenvalue weighted by Gasteiger charge is -2.13. The SMILES string of the molecule is CC.CN[C@H](C)c1cccc(C(F)F)c1F. The summed E-state index contributed by atoms with van der Waals surface area (Å²) in [5.41, 5.74) is -0.269. The van der Waals surface area contributed by atoms with Gasteiger partial charge in [-0.2, -0.15) is 0 Å². The van der Waals surface area contributed by atoms with Crippen LogP contribution in [0.3, 0.4) is 0 Å². The molecule has 1 atom stereocenters.